The summed E-state index contributed by atoms with van der Waals surface area (Å²) < 4.78 is 14.3. The fraction of sp³-hybridized carbons (Fsp3) is 0.200. The monoisotopic (exact) mass is 307 g/mol. The molecule has 0 aliphatic carbocycles. The zero-order chi connectivity index (χ0) is 13.3. The van der Waals surface area contributed by atoms with Crippen molar-refractivity contribution < 1.29 is 4.39 Å². The molecule has 1 unspecified atom stereocenters. The van der Waals surface area contributed by atoms with Crippen molar-refractivity contribution >= 4 is 15.9 Å². The van der Waals surface area contributed by atoms with Crippen molar-refractivity contribution in [2.45, 2.75) is 19.9 Å². The highest BCUT2D eigenvalue weighted by Gasteiger charge is 2.11. The normalized spacial score (nSPS) is 12.5. The van der Waals surface area contributed by atoms with Crippen molar-refractivity contribution in [1.82, 2.24) is 0 Å². The molecule has 0 fully saturated rings. The highest BCUT2D eigenvalue weighted by atomic mass is 79.9. The number of rotatable bonds is 2. The van der Waals surface area contributed by atoms with Crippen molar-refractivity contribution in [2.75, 3.05) is 0 Å². The molecule has 2 rings (SSSR count). The Morgan fingerprint density at radius 2 is 1.61 bits per heavy atom. The van der Waals surface area contributed by atoms with Crippen LogP contribution in [0.5, 0.6) is 0 Å². The van der Waals surface area contributed by atoms with Gasteiger partial charge < -0.3 is 5.73 Å². The molecule has 0 bridgehead atoms. The van der Waals surface area contributed by atoms with Gasteiger partial charge in [-0.2, -0.15) is 0 Å². The number of nitrogens with two attached hydrogens (primary N) is 1. The van der Waals surface area contributed by atoms with Gasteiger partial charge in [-0.15, -0.1) is 0 Å². The molecule has 2 N–H and O–H groups in total. The predicted molar refractivity (Wildman–Crippen MR) is 76.0 cm³/mol. The van der Waals surface area contributed by atoms with Gasteiger partial charge >= 0.3 is 0 Å². The number of hydrogen-bond acceptors (Lipinski definition) is 1. The summed E-state index contributed by atoms with van der Waals surface area (Å²) in [4.78, 5) is 0. The van der Waals surface area contributed by atoms with Gasteiger partial charge in [-0.05, 0) is 48.2 Å². The molecule has 0 radical (unpaired) electrons. The van der Waals surface area contributed by atoms with Crippen molar-refractivity contribution in [3.63, 3.8) is 0 Å². The van der Waals surface area contributed by atoms with Crippen molar-refractivity contribution in [3.8, 4) is 0 Å². The van der Waals surface area contributed by atoms with Crippen LogP contribution in [0.15, 0.2) is 40.9 Å². The topological polar surface area (TPSA) is 26.0 Å². The quantitative estimate of drug-likeness (QED) is 0.881. The summed E-state index contributed by atoms with van der Waals surface area (Å²) in [5, 5.41) is 0. The van der Waals surface area contributed by atoms with Gasteiger partial charge in [0, 0.05) is 4.47 Å². The SMILES string of the molecule is Cc1cc(C(N)c2ccc(C)c(Br)c2)ccc1F. The average Bonchev–Trinajstić information content (AvgIpc) is 2.35. The van der Waals surface area contributed by atoms with Gasteiger partial charge in [0.15, 0.2) is 0 Å². The van der Waals surface area contributed by atoms with Crippen LogP contribution in [0.2, 0.25) is 0 Å². The molecule has 1 atom stereocenters. The van der Waals surface area contributed by atoms with Crippen LogP contribution in [0.25, 0.3) is 0 Å². The maximum atomic E-state index is 13.2. The van der Waals surface area contributed by atoms with Crippen LogP contribution in [-0.4, -0.2) is 0 Å². The van der Waals surface area contributed by atoms with Gasteiger partial charge in [-0.1, -0.05) is 40.2 Å². The van der Waals surface area contributed by atoms with E-state index in [0.29, 0.717) is 5.56 Å². The van der Waals surface area contributed by atoms with E-state index < -0.39 is 0 Å². The molecule has 0 heterocycles. The molecule has 0 saturated heterocycles. The number of benzene rings is 2. The molecule has 1 nitrogen and oxygen atoms in total. The van der Waals surface area contributed by atoms with E-state index in [-0.39, 0.29) is 11.9 Å². The largest absolute Gasteiger partial charge is 0.320 e. The lowest BCUT2D eigenvalue weighted by molar-refractivity contribution is 0.617. The van der Waals surface area contributed by atoms with E-state index in [1.54, 1.807) is 19.1 Å². The molecular formula is C15H15BrFN. The van der Waals surface area contributed by atoms with E-state index in [0.717, 1.165) is 15.6 Å². The zero-order valence-corrected chi connectivity index (χ0v) is 12.0. The van der Waals surface area contributed by atoms with Gasteiger partial charge in [-0.25, -0.2) is 4.39 Å². The Morgan fingerprint density at radius 3 is 2.22 bits per heavy atom. The van der Waals surface area contributed by atoms with Crippen molar-refractivity contribution in [2.24, 2.45) is 5.73 Å². The predicted octanol–water partition coefficient (Wildman–Crippen LogP) is 4.25. The highest BCUT2D eigenvalue weighted by molar-refractivity contribution is 9.10. The van der Waals surface area contributed by atoms with E-state index in [1.807, 2.05) is 25.1 Å². The summed E-state index contributed by atoms with van der Waals surface area (Å²) in [6, 6.07) is 10.8. The first-order valence-electron chi connectivity index (χ1n) is 5.76. The maximum Gasteiger partial charge on any atom is 0.126 e. The van der Waals surface area contributed by atoms with E-state index in [9.17, 15) is 4.39 Å². The molecular weight excluding hydrogens is 293 g/mol. The number of aryl methyl sites for hydroxylation is 2. The molecule has 2 aromatic rings. The second-order valence-corrected chi connectivity index (χ2v) is 5.35. The Labute approximate surface area is 115 Å². The van der Waals surface area contributed by atoms with Crippen LogP contribution in [0.1, 0.15) is 28.3 Å². The molecule has 0 aliphatic rings. The minimum Gasteiger partial charge on any atom is -0.320 e. The van der Waals surface area contributed by atoms with Gasteiger partial charge in [0.2, 0.25) is 0 Å². The third kappa shape index (κ3) is 2.62. The fourth-order valence-corrected chi connectivity index (χ4v) is 2.25. The summed E-state index contributed by atoms with van der Waals surface area (Å²) in [6.45, 7) is 3.78. The van der Waals surface area contributed by atoms with Crippen LogP contribution >= 0.6 is 15.9 Å². The van der Waals surface area contributed by atoms with Crippen LogP contribution in [0.3, 0.4) is 0 Å². The molecule has 0 saturated carbocycles. The highest BCUT2D eigenvalue weighted by Crippen LogP contribution is 2.25. The average molecular weight is 308 g/mol. The summed E-state index contributed by atoms with van der Waals surface area (Å²) in [6.07, 6.45) is 0. The first-order chi connectivity index (χ1) is 8.49. The molecule has 0 aromatic heterocycles. The lowest BCUT2D eigenvalue weighted by Gasteiger charge is -2.14. The Bertz CT molecular complexity index is 529. The summed E-state index contributed by atoms with van der Waals surface area (Å²) in [5.74, 6) is -0.198. The van der Waals surface area contributed by atoms with E-state index >= 15 is 0 Å². The Hall–Kier alpha value is -1.19. The molecule has 3 heteroatoms. The minimum atomic E-state index is -0.235. The Kier molecular flexibility index (Phi) is 3.83. The van der Waals surface area contributed by atoms with Gasteiger partial charge in [0.1, 0.15) is 5.82 Å². The molecule has 18 heavy (non-hydrogen) atoms. The van der Waals surface area contributed by atoms with Gasteiger partial charge in [0.05, 0.1) is 6.04 Å². The third-order valence-electron chi connectivity index (χ3n) is 3.10. The van der Waals surface area contributed by atoms with Crippen LogP contribution in [0.4, 0.5) is 4.39 Å². The second kappa shape index (κ2) is 5.21. The smallest absolute Gasteiger partial charge is 0.126 e. The van der Waals surface area contributed by atoms with Gasteiger partial charge in [-0.3, -0.25) is 0 Å². The van der Waals surface area contributed by atoms with Crippen LogP contribution in [0, 0.1) is 19.7 Å². The lowest BCUT2D eigenvalue weighted by Crippen LogP contribution is -2.12. The van der Waals surface area contributed by atoms with E-state index in [2.05, 4.69) is 15.9 Å². The standard InChI is InChI=1S/C15H15BrFN/c1-9-3-4-12(8-13(9)16)15(18)11-5-6-14(17)10(2)7-11/h3-8,15H,18H2,1-2H3. The third-order valence-corrected chi connectivity index (χ3v) is 3.95. The second-order valence-electron chi connectivity index (χ2n) is 4.49. The number of halogens is 2. The number of hydrogen-bond donors (Lipinski definition) is 1. The Morgan fingerprint density at radius 1 is 1.00 bits per heavy atom. The van der Waals surface area contributed by atoms with Crippen LogP contribution in [-0.2, 0) is 0 Å². The van der Waals surface area contributed by atoms with E-state index in [4.69, 9.17) is 5.73 Å². The van der Waals surface area contributed by atoms with E-state index in [1.165, 1.54) is 11.6 Å². The minimum absolute atomic E-state index is 0.198. The first-order valence-corrected chi connectivity index (χ1v) is 6.56. The van der Waals surface area contributed by atoms with Crippen molar-refractivity contribution in [3.05, 3.63) is 68.9 Å². The first kappa shape index (κ1) is 13.2. The van der Waals surface area contributed by atoms with Gasteiger partial charge in [0.25, 0.3) is 0 Å². The lowest BCUT2D eigenvalue weighted by atomic mass is 9.97. The summed E-state index contributed by atoms with van der Waals surface area (Å²) in [5.41, 5.74) is 9.93. The molecule has 2 aromatic carbocycles. The zero-order valence-electron chi connectivity index (χ0n) is 10.4. The maximum absolute atomic E-state index is 13.2. The summed E-state index contributed by atoms with van der Waals surface area (Å²) >= 11 is 3.50. The molecule has 0 amide bonds. The summed E-state index contributed by atoms with van der Waals surface area (Å²) in [7, 11) is 0. The fourth-order valence-electron chi connectivity index (χ4n) is 1.86. The molecule has 94 valence electrons. The molecule has 0 aliphatic heterocycles. The van der Waals surface area contributed by atoms with Crippen molar-refractivity contribution in [1.29, 1.82) is 0 Å². The van der Waals surface area contributed by atoms with Crippen LogP contribution < -0.4 is 5.73 Å². The Balaban J connectivity index is 2.37. The molecule has 0 spiro atoms.